The summed E-state index contributed by atoms with van der Waals surface area (Å²) in [6.07, 6.45) is 1.44. The number of hydrogen-bond donors (Lipinski definition) is 1. The van der Waals surface area contributed by atoms with Crippen LogP contribution < -0.4 is 14.9 Å². The van der Waals surface area contributed by atoms with E-state index in [1.165, 1.54) is 13.3 Å². The number of hydrogen-bond acceptors (Lipinski definition) is 7. The molecular formula is C28H24ClN3O5. The van der Waals surface area contributed by atoms with Crippen molar-refractivity contribution in [3.05, 3.63) is 88.9 Å². The molecule has 0 aliphatic heterocycles. The molecule has 0 bridgehead atoms. The number of benzene rings is 3. The highest BCUT2D eigenvalue weighted by molar-refractivity contribution is 6.32. The van der Waals surface area contributed by atoms with E-state index in [9.17, 15) is 9.59 Å². The van der Waals surface area contributed by atoms with Crippen molar-refractivity contribution in [2.24, 2.45) is 5.10 Å². The first-order chi connectivity index (χ1) is 18.0. The van der Waals surface area contributed by atoms with Gasteiger partial charge in [-0.15, -0.1) is 0 Å². The Kier molecular flexibility index (Phi) is 8.33. The van der Waals surface area contributed by atoms with Crippen LogP contribution in [-0.4, -0.2) is 43.4 Å². The second kappa shape index (κ2) is 12.0. The van der Waals surface area contributed by atoms with E-state index in [2.05, 4.69) is 15.3 Å². The molecule has 1 heterocycles. The fourth-order valence-corrected chi connectivity index (χ4v) is 3.87. The monoisotopic (exact) mass is 517 g/mol. The van der Waals surface area contributed by atoms with Crippen molar-refractivity contribution in [3.63, 3.8) is 0 Å². The van der Waals surface area contributed by atoms with Crippen molar-refractivity contribution >= 4 is 40.6 Å². The third-order valence-electron chi connectivity index (χ3n) is 5.30. The van der Waals surface area contributed by atoms with Crippen molar-refractivity contribution in [2.75, 3.05) is 20.3 Å². The fraction of sp³-hybridized carbons (Fsp3) is 0.143. The molecule has 4 rings (SSSR count). The van der Waals surface area contributed by atoms with Crippen LogP contribution in [0.3, 0.4) is 0 Å². The van der Waals surface area contributed by atoms with Crippen molar-refractivity contribution in [2.45, 2.75) is 6.92 Å². The van der Waals surface area contributed by atoms with Gasteiger partial charge in [0.2, 0.25) is 0 Å². The maximum absolute atomic E-state index is 13.1. The molecule has 0 spiro atoms. The first-order valence-corrected chi connectivity index (χ1v) is 11.8. The van der Waals surface area contributed by atoms with Crippen LogP contribution in [-0.2, 0) is 9.53 Å². The number of nitrogens with one attached hydrogen (secondary N) is 1. The average molecular weight is 518 g/mol. The van der Waals surface area contributed by atoms with Gasteiger partial charge in [-0.3, -0.25) is 4.79 Å². The molecule has 0 aliphatic carbocycles. The second-order valence-corrected chi connectivity index (χ2v) is 8.17. The van der Waals surface area contributed by atoms with Gasteiger partial charge in [-0.2, -0.15) is 5.10 Å². The normalized spacial score (nSPS) is 10.9. The molecule has 1 aromatic heterocycles. The molecule has 1 N–H and O–H groups in total. The van der Waals surface area contributed by atoms with Gasteiger partial charge in [0, 0.05) is 10.9 Å². The molecule has 0 aliphatic rings. The summed E-state index contributed by atoms with van der Waals surface area (Å²) in [5.41, 5.74) is 5.87. The first-order valence-electron chi connectivity index (χ1n) is 11.4. The predicted molar refractivity (Wildman–Crippen MR) is 142 cm³/mol. The van der Waals surface area contributed by atoms with Gasteiger partial charge in [-0.1, -0.05) is 60.1 Å². The van der Waals surface area contributed by atoms with E-state index < -0.39 is 5.97 Å². The molecular weight excluding hydrogens is 494 g/mol. The molecule has 0 atom stereocenters. The number of nitrogens with zero attached hydrogens (tertiary/aromatic N) is 2. The van der Waals surface area contributed by atoms with Gasteiger partial charge in [0.25, 0.3) is 5.91 Å². The molecule has 1 amide bonds. The molecule has 0 saturated heterocycles. The Morgan fingerprint density at radius 3 is 2.54 bits per heavy atom. The Bertz CT molecular complexity index is 1460. The van der Waals surface area contributed by atoms with Crippen LogP contribution in [0.5, 0.6) is 11.5 Å². The number of amides is 1. The number of pyridine rings is 1. The minimum Gasteiger partial charge on any atom is -0.490 e. The maximum atomic E-state index is 13.1. The second-order valence-electron chi connectivity index (χ2n) is 7.77. The Morgan fingerprint density at radius 1 is 1.03 bits per heavy atom. The minimum absolute atomic E-state index is 0.215. The van der Waals surface area contributed by atoms with Gasteiger partial charge in [0.05, 0.1) is 41.7 Å². The SMILES string of the molecule is CCOc1cc(/C=N/NC(=O)c2cc(-c3ccccc3)nc3ccccc23)cc(Cl)c1OCC(=O)OC. The number of carbonyl (C=O) groups excluding carboxylic acids is 2. The van der Waals surface area contributed by atoms with E-state index in [1.807, 2.05) is 61.5 Å². The Hall–Kier alpha value is -4.43. The Labute approximate surface area is 218 Å². The van der Waals surface area contributed by atoms with Gasteiger partial charge >= 0.3 is 5.97 Å². The Morgan fingerprint density at radius 2 is 1.78 bits per heavy atom. The lowest BCUT2D eigenvalue weighted by Crippen LogP contribution is -2.18. The lowest BCUT2D eigenvalue weighted by Gasteiger charge is -2.13. The number of fused-ring (bicyclic) bond motifs is 1. The summed E-state index contributed by atoms with van der Waals surface area (Å²) in [4.78, 5) is 29.3. The molecule has 188 valence electrons. The topological polar surface area (TPSA) is 99.1 Å². The molecule has 9 heteroatoms. The van der Waals surface area contributed by atoms with E-state index >= 15 is 0 Å². The number of halogens is 1. The van der Waals surface area contributed by atoms with Crippen LogP contribution in [0.15, 0.2) is 77.9 Å². The third-order valence-corrected chi connectivity index (χ3v) is 5.58. The zero-order chi connectivity index (χ0) is 26.2. The largest absolute Gasteiger partial charge is 0.490 e. The molecule has 0 unspecified atom stereocenters. The standard InChI is InChI=1S/C28H24ClN3O5/c1-3-36-25-14-18(13-22(29)27(25)37-17-26(33)35-2)16-30-32-28(34)21-15-24(19-9-5-4-6-10-19)31-23-12-8-7-11-20(21)23/h4-16H,3,17H2,1-2H3,(H,32,34)/b30-16+. The molecule has 0 fully saturated rings. The van der Waals surface area contributed by atoms with Crippen LogP contribution in [0.2, 0.25) is 5.02 Å². The quantitative estimate of drug-likeness (QED) is 0.184. The summed E-state index contributed by atoms with van der Waals surface area (Å²) in [6.45, 7) is 1.84. The van der Waals surface area contributed by atoms with Crippen molar-refractivity contribution in [1.82, 2.24) is 10.4 Å². The summed E-state index contributed by atoms with van der Waals surface area (Å²) in [7, 11) is 1.27. The van der Waals surface area contributed by atoms with Crippen LogP contribution >= 0.6 is 11.6 Å². The summed E-state index contributed by atoms with van der Waals surface area (Å²) >= 11 is 6.36. The number of hydrazone groups is 1. The summed E-state index contributed by atoms with van der Waals surface area (Å²) in [5, 5.41) is 5.04. The number of para-hydroxylation sites is 1. The molecule has 8 nitrogen and oxygen atoms in total. The van der Waals surface area contributed by atoms with Crippen LogP contribution in [0.25, 0.3) is 22.2 Å². The fourth-order valence-electron chi connectivity index (χ4n) is 3.60. The van der Waals surface area contributed by atoms with Crippen molar-refractivity contribution < 1.29 is 23.8 Å². The van der Waals surface area contributed by atoms with E-state index in [-0.39, 0.29) is 23.3 Å². The van der Waals surface area contributed by atoms with E-state index in [1.54, 1.807) is 18.2 Å². The van der Waals surface area contributed by atoms with E-state index in [0.717, 1.165) is 5.56 Å². The molecule has 0 radical (unpaired) electrons. The van der Waals surface area contributed by atoms with Crippen molar-refractivity contribution in [3.8, 4) is 22.8 Å². The number of methoxy groups -OCH3 is 1. The number of esters is 1. The van der Waals surface area contributed by atoms with Gasteiger partial charge in [0.1, 0.15) is 0 Å². The molecule has 3 aromatic carbocycles. The highest BCUT2D eigenvalue weighted by atomic mass is 35.5. The van der Waals surface area contributed by atoms with Crippen LogP contribution in [0, 0.1) is 0 Å². The lowest BCUT2D eigenvalue weighted by molar-refractivity contribution is -0.142. The number of rotatable bonds is 9. The van der Waals surface area contributed by atoms with E-state index in [0.29, 0.717) is 40.1 Å². The summed E-state index contributed by atoms with van der Waals surface area (Å²) in [6, 6.07) is 22.1. The highest BCUT2D eigenvalue weighted by Crippen LogP contribution is 2.36. The third kappa shape index (κ3) is 6.23. The zero-order valence-corrected chi connectivity index (χ0v) is 21.0. The number of ether oxygens (including phenoxy) is 3. The van der Waals surface area contributed by atoms with E-state index in [4.69, 9.17) is 26.1 Å². The zero-order valence-electron chi connectivity index (χ0n) is 20.2. The van der Waals surface area contributed by atoms with Crippen LogP contribution in [0.1, 0.15) is 22.8 Å². The Balaban J connectivity index is 1.58. The van der Waals surface area contributed by atoms with Gasteiger partial charge in [0.15, 0.2) is 18.1 Å². The van der Waals surface area contributed by atoms with Gasteiger partial charge in [-0.25, -0.2) is 15.2 Å². The van der Waals surface area contributed by atoms with Crippen molar-refractivity contribution in [1.29, 1.82) is 0 Å². The molecule has 37 heavy (non-hydrogen) atoms. The predicted octanol–water partition coefficient (Wildman–Crippen LogP) is 5.27. The number of aromatic nitrogens is 1. The highest BCUT2D eigenvalue weighted by Gasteiger charge is 2.15. The number of carbonyl (C=O) groups is 2. The average Bonchev–Trinajstić information content (AvgIpc) is 2.92. The summed E-state index contributed by atoms with van der Waals surface area (Å²) < 4.78 is 15.7. The van der Waals surface area contributed by atoms with Crippen LogP contribution in [0.4, 0.5) is 0 Å². The molecule has 0 saturated carbocycles. The van der Waals surface area contributed by atoms with Gasteiger partial charge < -0.3 is 14.2 Å². The minimum atomic E-state index is -0.550. The smallest absolute Gasteiger partial charge is 0.343 e. The first kappa shape index (κ1) is 25.7. The lowest BCUT2D eigenvalue weighted by atomic mass is 10.0. The maximum Gasteiger partial charge on any atom is 0.343 e. The molecule has 4 aromatic rings. The van der Waals surface area contributed by atoms with Gasteiger partial charge in [-0.05, 0) is 36.8 Å². The summed E-state index contributed by atoms with van der Waals surface area (Å²) in [5.74, 6) is -0.391.